The van der Waals surface area contributed by atoms with Crippen LogP contribution in [-0.4, -0.2) is 68.5 Å². The highest BCUT2D eigenvalue weighted by Crippen LogP contribution is 2.24. The Bertz CT molecular complexity index is 577. The molecule has 0 spiro atoms. The van der Waals surface area contributed by atoms with Crippen LogP contribution in [0.1, 0.15) is 44.9 Å². The fourth-order valence-electron chi connectivity index (χ4n) is 3.08. The molecule has 27 heavy (non-hydrogen) atoms. The van der Waals surface area contributed by atoms with Gasteiger partial charge in [-0.1, -0.05) is 20.3 Å². The predicted octanol–water partition coefficient (Wildman–Crippen LogP) is 2.09. The van der Waals surface area contributed by atoms with Crippen LogP contribution >= 0.6 is 0 Å². The Morgan fingerprint density at radius 1 is 1.22 bits per heavy atom. The summed E-state index contributed by atoms with van der Waals surface area (Å²) in [5.41, 5.74) is 0. The number of amides is 1. The molecule has 1 atom stereocenters. The number of guanidine groups is 1. The molecule has 0 saturated carbocycles. The van der Waals surface area contributed by atoms with Crippen molar-refractivity contribution in [3.05, 3.63) is 24.2 Å². The van der Waals surface area contributed by atoms with Crippen LogP contribution in [0.2, 0.25) is 0 Å². The normalized spacial score (nSPS) is 17.0. The van der Waals surface area contributed by atoms with Gasteiger partial charge in [0.2, 0.25) is 5.91 Å². The van der Waals surface area contributed by atoms with Crippen LogP contribution in [0.4, 0.5) is 0 Å². The van der Waals surface area contributed by atoms with Crippen LogP contribution in [0.3, 0.4) is 0 Å². The van der Waals surface area contributed by atoms with Crippen LogP contribution < -0.4 is 10.6 Å². The average Bonchev–Trinajstić information content (AvgIpc) is 3.18. The molecule has 1 fully saturated rings. The van der Waals surface area contributed by atoms with Crippen LogP contribution in [-0.2, 0) is 4.79 Å². The van der Waals surface area contributed by atoms with Crippen LogP contribution in [0.25, 0.3) is 0 Å². The summed E-state index contributed by atoms with van der Waals surface area (Å²) in [5, 5.41) is 6.76. The number of carbonyl (C=O) groups excluding carboxylic acids is 1. The first-order chi connectivity index (χ1) is 13.0. The molecule has 2 rings (SSSR count). The zero-order chi connectivity index (χ0) is 19.6. The fourth-order valence-corrected chi connectivity index (χ4v) is 3.08. The molecular weight excluding hydrogens is 342 g/mol. The number of furan rings is 1. The molecule has 152 valence electrons. The molecule has 0 bridgehead atoms. The van der Waals surface area contributed by atoms with Crippen molar-refractivity contribution in [3.8, 4) is 0 Å². The molecule has 0 radical (unpaired) electrons. The number of hydrogen-bond donors (Lipinski definition) is 2. The molecule has 1 aliphatic rings. The van der Waals surface area contributed by atoms with Gasteiger partial charge >= 0.3 is 0 Å². The summed E-state index contributed by atoms with van der Waals surface area (Å²) in [4.78, 5) is 20.4. The van der Waals surface area contributed by atoms with E-state index < -0.39 is 0 Å². The van der Waals surface area contributed by atoms with Gasteiger partial charge in [-0.2, -0.15) is 0 Å². The Kier molecular flexibility index (Phi) is 8.64. The van der Waals surface area contributed by atoms with Crippen LogP contribution in [0.15, 0.2) is 27.8 Å². The molecule has 1 amide bonds. The SMILES string of the molecule is CC(C)CNC(=NCC(=O)N(C)C)NCC(c1ccco1)N1CCCCC1. The number of likely N-dealkylation sites (tertiary alicyclic amines) is 1. The van der Waals surface area contributed by atoms with E-state index in [4.69, 9.17) is 4.42 Å². The summed E-state index contributed by atoms with van der Waals surface area (Å²) in [5.74, 6) is 2.12. The quantitative estimate of drug-likeness (QED) is 0.536. The predicted molar refractivity (Wildman–Crippen MR) is 109 cm³/mol. The van der Waals surface area contributed by atoms with Gasteiger partial charge in [-0.3, -0.25) is 9.69 Å². The number of piperidine rings is 1. The highest BCUT2D eigenvalue weighted by atomic mass is 16.3. The van der Waals surface area contributed by atoms with Gasteiger partial charge in [-0.05, 0) is 44.0 Å². The van der Waals surface area contributed by atoms with Gasteiger partial charge in [-0.15, -0.1) is 0 Å². The third kappa shape index (κ3) is 7.25. The van der Waals surface area contributed by atoms with E-state index >= 15 is 0 Å². The molecule has 2 N–H and O–H groups in total. The lowest BCUT2D eigenvalue weighted by atomic mass is 10.1. The number of hydrogen-bond acceptors (Lipinski definition) is 4. The van der Waals surface area contributed by atoms with Gasteiger partial charge in [0, 0.05) is 27.2 Å². The smallest absolute Gasteiger partial charge is 0.243 e. The van der Waals surface area contributed by atoms with Gasteiger partial charge in [0.05, 0.1) is 12.3 Å². The second-order valence-electron chi connectivity index (χ2n) is 7.74. The number of rotatable bonds is 8. The van der Waals surface area contributed by atoms with E-state index in [-0.39, 0.29) is 18.5 Å². The number of likely N-dealkylation sites (N-methyl/N-ethyl adjacent to an activating group) is 1. The molecule has 2 heterocycles. The molecule has 7 heteroatoms. The van der Waals surface area contributed by atoms with E-state index in [2.05, 4.69) is 34.4 Å². The van der Waals surface area contributed by atoms with Gasteiger partial charge in [0.15, 0.2) is 5.96 Å². The molecule has 7 nitrogen and oxygen atoms in total. The number of nitrogens with zero attached hydrogens (tertiary/aromatic N) is 3. The molecule has 0 aromatic carbocycles. The van der Waals surface area contributed by atoms with Crippen LogP contribution in [0.5, 0.6) is 0 Å². The lowest BCUT2D eigenvalue weighted by Gasteiger charge is -2.33. The maximum absolute atomic E-state index is 11.9. The first-order valence-corrected chi connectivity index (χ1v) is 9.97. The summed E-state index contributed by atoms with van der Waals surface area (Å²) in [6.45, 7) is 8.08. The first-order valence-electron chi connectivity index (χ1n) is 9.97. The van der Waals surface area contributed by atoms with Crippen molar-refractivity contribution in [2.45, 2.75) is 39.2 Å². The number of nitrogens with one attached hydrogen (secondary N) is 2. The van der Waals surface area contributed by atoms with E-state index in [9.17, 15) is 4.79 Å². The van der Waals surface area contributed by atoms with E-state index in [0.717, 1.165) is 25.4 Å². The minimum absolute atomic E-state index is 0.0146. The summed E-state index contributed by atoms with van der Waals surface area (Å²) in [7, 11) is 3.49. The highest BCUT2D eigenvalue weighted by Gasteiger charge is 2.24. The van der Waals surface area contributed by atoms with E-state index in [1.807, 2.05) is 12.1 Å². The van der Waals surface area contributed by atoms with Crippen molar-refractivity contribution >= 4 is 11.9 Å². The second kappa shape index (κ2) is 11.0. The standard InChI is InChI=1S/C20H35N5O2/c1-16(2)13-21-20(23-15-19(26)24(3)4)22-14-17(18-9-8-12-27-18)25-10-6-5-7-11-25/h8-9,12,16-17H,5-7,10-11,13-15H2,1-4H3,(H2,21,22,23). The Labute approximate surface area is 163 Å². The summed E-state index contributed by atoms with van der Waals surface area (Å²) < 4.78 is 5.71. The maximum Gasteiger partial charge on any atom is 0.243 e. The van der Waals surface area contributed by atoms with Crippen molar-refractivity contribution in [1.29, 1.82) is 0 Å². The van der Waals surface area contributed by atoms with Crippen molar-refractivity contribution in [2.75, 3.05) is 46.8 Å². The minimum Gasteiger partial charge on any atom is -0.468 e. The lowest BCUT2D eigenvalue weighted by molar-refractivity contribution is -0.127. The van der Waals surface area contributed by atoms with Crippen molar-refractivity contribution in [2.24, 2.45) is 10.9 Å². The Balaban J connectivity index is 2.03. The monoisotopic (exact) mass is 377 g/mol. The van der Waals surface area contributed by atoms with Crippen molar-refractivity contribution in [3.63, 3.8) is 0 Å². The molecule has 1 saturated heterocycles. The van der Waals surface area contributed by atoms with E-state index in [0.29, 0.717) is 18.4 Å². The Hall–Kier alpha value is -2.02. The second-order valence-corrected chi connectivity index (χ2v) is 7.74. The van der Waals surface area contributed by atoms with E-state index in [1.165, 1.54) is 19.3 Å². The number of aliphatic imine (C=N–C) groups is 1. The maximum atomic E-state index is 11.9. The fraction of sp³-hybridized carbons (Fsp3) is 0.700. The summed E-state index contributed by atoms with van der Waals surface area (Å²) >= 11 is 0. The molecule has 1 aromatic heterocycles. The van der Waals surface area contributed by atoms with Gasteiger partial charge in [0.25, 0.3) is 0 Å². The Morgan fingerprint density at radius 2 is 1.93 bits per heavy atom. The van der Waals surface area contributed by atoms with Gasteiger partial charge in [0.1, 0.15) is 12.3 Å². The third-order valence-corrected chi connectivity index (χ3v) is 4.71. The zero-order valence-corrected chi connectivity index (χ0v) is 17.2. The molecule has 1 unspecified atom stereocenters. The van der Waals surface area contributed by atoms with E-state index in [1.54, 1.807) is 25.3 Å². The number of carbonyl (C=O) groups is 1. The van der Waals surface area contributed by atoms with Crippen LogP contribution in [0, 0.1) is 5.92 Å². The van der Waals surface area contributed by atoms with Gasteiger partial charge in [-0.25, -0.2) is 4.99 Å². The Morgan fingerprint density at radius 3 is 2.52 bits per heavy atom. The molecular formula is C20H35N5O2. The first kappa shape index (κ1) is 21.3. The van der Waals surface area contributed by atoms with Gasteiger partial charge < -0.3 is 20.0 Å². The van der Waals surface area contributed by atoms with Crippen molar-refractivity contribution < 1.29 is 9.21 Å². The topological polar surface area (TPSA) is 73.1 Å². The summed E-state index contributed by atoms with van der Waals surface area (Å²) in [6.07, 6.45) is 5.47. The molecule has 0 aliphatic carbocycles. The largest absolute Gasteiger partial charge is 0.468 e. The molecule has 1 aromatic rings. The van der Waals surface area contributed by atoms with Crippen molar-refractivity contribution in [1.82, 2.24) is 20.4 Å². The minimum atomic E-state index is -0.0146. The third-order valence-electron chi connectivity index (χ3n) is 4.71. The zero-order valence-electron chi connectivity index (χ0n) is 17.2. The average molecular weight is 378 g/mol. The highest BCUT2D eigenvalue weighted by molar-refractivity contribution is 5.84. The molecule has 1 aliphatic heterocycles. The lowest BCUT2D eigenvalue weighted by Crippen LogP contribution is -2.45. The summed E-state index contributed by atoms with van der Waals surface area (Å²) in [6, 6.07) is 4.14.